The van der Waals surface area contributed by atoms with Gasteiger partial charge in [-0.25, -0.2) is 0 Å². The number of amides is 2. The van der Waals surface area contributed by atoms with E-state index in [-0.39, 0.29) is 30.0 Å². The minimum absolute atomic E-state index is 0.0468. The molecule has 1 fully saturated rings. The minimum Gasteiger partial charge on any atom is -0.504 e. The van der Waals surface area contributed by atoms with Crippen molar-refractivity contribution in [1.82, 2.24) is 4.90 Å². The van der Waals surface area contributed by atoms with Gasteiger partial charge in [0.25, 0.3) is 11.1 Å². The van der Waals surface area contributed by atoms with E-state index in [2.05, 4.69) is 6.58 Å². The van der Waals surface area contributed by atoms with E-state index in [9.17, 15) is 14.7 Å². The Labute approximate surface area is 191 Å². The standard InChI is InChI=1S/C24H25NO6S/c1-4-8-17-13-16(14-20(22(17)26)30-5-2)15-21-23(27)25(24(28)32-21)11-12-31-19-10-7-6-9-18(19)29-3/h4,6-7,9-10,13-15,26H,1,5,8,11-12H2,2-3H3/b21-15-. The summed E-state index contributed by atoms with van der Waals surface area (Å²) in [5.41, 5.74) is 1.28. The molecule has 1 N–H and O–H groups in total. The van der Waals surface area contributed by atoms with E-state index < -0.39 is 0 Å². The smallest absolute Gasteiger partial charge is 0.293 e. The third-order valence-electron chi connectivity index (χ3n) is 4.65. The second-order valence-electron chi connectivity index (χ2n) is 6.79. The van der Waals surface area contributed by atoms with Gasteiger partial charge in [0, 0.05) is 5.56 Å². The van der Waals surface area contributed by atoms with Crippen LogP contribution in [-0.4, -0.2) is 48.0 Å². The topological polar surface area (TPSA) is 85.3 Å². The number of carbonyl (C=O) groups is 2. The van der Waals surface area contributed by atoms with Crippen LogP contribution in [0.1, 0.15) is 18.1 Å². The summed E-state index contributed by atoms with van der Waals surface area (Å²) in [4.78, 5) is 26.7. The predicted octanol–water partition coefficient (Wildman–Crippen LogP) is 4.64. The van der Waals surface area contributed by atoms with E-state index in [0.717, 1.165) is 16.7 Å². The van der Waals surface area contributed by atoms with Crippen molar-refractivity contribution in [3.8, 4) is 23.0 Å². The number of nitrogens with zero attached hydrogens (tertiary/aromatic N) is 1. The lowest BCUT2D eigenvalue weighted by Crippen LogP contribution is -2.32. The Balaban J connectivity index is 1.74. The number of phenols is 1. The van der Waals surface area contributed by atoms with Gasteiger partial charge < -0.3 is 19.3 Å². The first-order chi connectivity index (χ1) is 15.5. The van der Waals surface area contributed by atoms with Gasteiger partial charge in [0.2, 0.25) is 0 Å². The molecular formula is C24H25NO6S. The fraction of sp³-hybridized carbons (Fsp3) is 0.250. The molecule has 0 aliphatic carbocycles. The molecule has 168 valence electrons. The van der Waals surface area contributed by atoms with Gasteiger partial charge in [-0.1, -0.05) is 18.2 Å². The average molecular weight is 456 g/mol. The summed E-state index contributed by atoms with van der Waals surface area (Å²) in [7, 11) is 1.55. The monoisotopic (exact) mass is 455 g/mol. The van der Waals surface area contributed by atoms with Gasteiger partial charge in [-0.2, -0.15) is 0 Å². The summed E-state index contributed by atoms with van der Waals surface area (Å²) >= 11 is 0.868. The van der Waals surface area contributed by atoms with Crippen LogP contribution in [0.3, 0.4) is 0 Å². The van der Waals surface area contributed by atoms with Crippen molar-refractivity contribution in [1.29, 1.82) is 0 Å². The molecule has 2 amide bonds. The van der Waals surface area contributed by atoms with E-state index in [1.165, 1.54) is 0 Å². The number of carbonyl (C=O) groups excluding carboxylic acids is 2. The molecule has 2 aromatic carbocycles. The molecule has 1 saturated heterocycles. The van der Waals surface area contributed by atoms with E-state index in [1.807, 2.05) is 19.1 Å². The molecule has 3 rings (SSSR count). The van der Waals surface area contributed by atoms with Crippen LogP contribution in [0.15, 0.2) is 54.0 Å². The zero-order valence-electron chi connectivity index (χ0n) is 18.0. The molecule has 0 saturated carbocycles. The molecule has 8 heteroatoms. The summed E-state index contributed by atoms with van der Waals surface area (Å²) < 4.78 is 16.4. The maximum atomic E-state index is 12.8. The van der Waals surface area contributed by atoms with Crippen LogP contribution in [0, 0.1) is 0 Å². The van der Waals surface area contributed by atoms with E-state index in [4.69, 9.17) is 14.2 Å². The van der Waals surface area contributed by atoms with E-state index in [1.54, 1.807) is 43.5 Å². The van der Waals surface area contributed by atoms with Crippen molar-refractivity contribution in [2.45, 2.75) is 13.3 Å². The van der Waals surface area contributed by atoms with Crippen molar-refractivity contribution < 1.29 is 28.9 Å². The molecule has 1 heterocycles. The molecule has 0 atom stereocenters. The summed E-state index contributed by atoms with van der Waals surface area (Å²) in [6.45, 7) is 6.16. The number of allylic oxidation sites excluding steroid dienone is 1. The molecule has 7 nitrogen and oxygen atoms in total. The summed E-state index contributed by atoms with van der Waals surface area (Å²) in [6, 6.07) is 10.6. The van der Waals surface area contributed by atoms with Gasteiger partial charge in [0.1, 0.15) is 6.61 Å². The van der Waals surface area contributed by atoms with Crippen LogP contribution in [0.25, 0.3) is 6.08 Å². The van der Waals surface area contributed by atoms with Gasteiger partial charge in [0.15, 0.2) is 23.0 Å². The highest BCUT2D eigenvalue weighted by Gasteiger charge is 2.35. The Bertz CT molecular complexity index is 1050. The number of thioether (sulfide) groups is 1. The Hall–Kier alpha value is -3.39. The predicted molar refractivity (Wildman–Crippen MR) is 124 cm³/mol. The Morgan fingerprint density at radius 3 is 2.56 bits per heavy atom. The number of para-hydroxylation sites is 2. The molecule has 32 heavy (non-hydrogen) atoms. The summed E-state index contributed by atoms with van der Waals surface area (Å²) in [6.07, 6.45) is 3.74. The highest BCUT2D eigenvalue weighted by Crippen LogP contribution is 2.36. The third kappa shape index (κ3) is 5.26. The normalized spacial score (nSPS) is 14.7. The van der Waals surface area contributed by atoms with Crippen molar-refractivity contribution in [3.05, 3.63) is 65.1 Å². The zero-order chi connectivity index (χ0) is 23.1. The highest BCUT2D eigenvalue weighted by atomic mass is 32.2. The van der Waals surface area contributed by atoms with Gasteiger partial charge in [-0.05, 0) is 61.0 Å². The summed E-state index contributed by atoms with van der Waals surface area (Å²) in [5, 5.41) is 9.99. The van der Waals surface area contributed by atoms with Gasteiger partial charge in [0.05, 0.1) is 25.2 Å². The van der Waals surface area contributed by atoms with Crippen LogP contribution in [-0.2, 0) is 11.2 Å². The average Bonchev–Trinajstić information content (AvgIpc) is 3.04. The Morgan fingerprint density at radius 1 is 1.12 bits per heavy atom. The lowest BCUT2D eigenvalue weighted by Gasteiger charge is -2.14. The minimum atomic E-state index is -0.389. The molecule has 0 radical (unpaired) electrons. The van der Waals surface area contributed by atoms with Crippen molar-refractivity contribution in [3.63, 3.8) is 0 Å². The number of imide groups is 1. The number of benzene rings is 2. The van der Waals surface area contributed by atoms with E-state index in [0.29, 0.717) is 46.3 Å². The number of methoxy groups -OCH3 is 1. The van der Waals surface area contributed by atoms with Crippen LogP contribution < -0.4 is 14.2 Å². The number of aromatic hydroxyl groups is 1. The van der Waals surface area contributed by atoms with Crippen LogP contribution in [0.2, 0.25) is 0 Å². The molecule has 2 aromatic rings. The van der Waals surface area contributed by atoms with Crippen LogP contribution in [0.5, 0.6) is 23.0 Å². The largest absolute Gasteiger partial charge is 0.504 e. The maximum Gasteiger partial charge on any atom is 0.293 e. The molecule has 0 spiro atoms. The van der Waals surface area contributed by atoms with Gasteiger partial charge in [-0.15, -0.1) is 6.58 Å². The molecule has 0 unspecified atom stereocenters. The summed E-state index contributed by atoms with van der Waals surface area (Å²) in [5.74, 6) is 1.10. The number of phenolic OH excluding ortho intramolecular Hbond substituents is 1. The van der Waals surface area contributed by atoms with Crippen molar-refractivity contribution in [2.24, 2.45) is 0 Å². The Kier molecular flexibility index (Phi) is 7.83. The number of ether oxygens (including phenoxy) is 3. The lowest BCUT2D eigenvalue weighted by atomic mass is 10.1. The Morgan fingerprint density at radius 2 is 1.88 bits per heavy atom. The molecule has 0 aromatic heterocycles. The molecular weight excluding hydrogens is 430 g/mol. The first kappa shape index (κ1) is 23.3. The van der Waals surface area contributed by atoms with Crippen LogP contribution in [0.4, 0.5) is 4.79 Å². The zero-order valence-corrected chi connectivity index (χ0v) is 18.8. The molecule has 0 bridgehead atoms. The second kappa shape index (κ2) is 10.8. The number of rotatable bonds is 10. The number of hydrogen-bond donors (Lipinski definition) is 1. The van der Waals surface area contributed by atoms with Crippen LogP contribution >= 0.6 is 11.8 Å². The first-order valence-corrected chi connectivity index (χ1v) is 10.9. The second-order valence-corrected chi connectivity index (χ2v) is 7.78. The molecule has 1 aliphatic rings. The fourth-order valence-corrected chi connectivity index (χ4v) is 4.04. The van der Waals surface area contributed by atoms with Crippen molar-refractivity contribution >= 4 is 29.0 Å². The first-order valence-electron chi connectivity index (χ1n) is 10.1. The van der Waals surface area contributed by atoms with E-state index >= 15 is 0 Å². The fourth-order valence-electron chi connectivity index (χ4n) is 3.18. The number of hydrogen-bond acceptors (Lipinski definition) is 7. The lowest BCUT2D eigenvalue weighted by molar-refractivity contribution is -0.123. The SMILES string of the molecule is C=CCc1cc(/C=C2\SC(=O)N(CCOc3ccccc3OC)C2=O)cc(OCC)c1O. The maximum absolute atomic E-state index is 12.8. The van der Waals surface area contributed by atoms with Gasteiger partial charge in [-0.3, -0.25) is 14.5 Å². The quantitative estimate of drug-likeness (QED) is 0.412. The van der Waals surface area contributed by atoms with Gasteiger partial charge >= 0.3 is 0 Å². The third-order valence-corrected chi connectivity index (χ3v) is 5.56. The van der Waals surface area contributed by atoms with Crippen molar-refractivity contribution in [2.75, 3.05) is 26.9 Å². The highest BCUT2D eigenvalue weighted by molar-refractivity contribution is 8.18. The molecule has 1 aliphatic heterocycles.